The molecule has 2 saturated heterocycles. The number of rotatable bonds is 11. The Morgan fingerprint density at radius 2 is 1.70 bits per heavy atom. The average Bonchev–Trinajstić information content (AvgIpc) is 2.95. The number of anilines is 2. The van der Waals surface area contributed by atoms with Crippen LogP contribution in [0.3, 0.4) is 0 Å². The molecule has 2 fully saturated rings. The number of piperazine rings is 2. The summed E-state index contributed by atoms with van der Waals surface area (Å²) in [4.78, 5) is 42.6. The molecule has 0 N–H and O–H groups in total. The van der Waals surface area contributed by atoms with Crippen molar-refractivity contribution in [2.24, 2.45) is 0 Å². The van der Waals surface area contributed by atoms with E-state index in [1.54, 1.807) is 23.1 Å². The van der Waals surface area contributed by atoms with E-state index in [9.17, 15) is 14.0 Å². The van der Waals surface area contributed by atoms with E-state index in [4.69, 9.17) is 11.6 Å². The van der Waals surface area contributed by atoms with Gasteiger partial charge in [-0.05, 0) is 25.5 Å². The van der Waals surface area contributed by atoms with Crippen LogP contribution >= 0.6 is 23.4 Å². The van der Waals surface area contributed by atoms with E-state index in [1.807, 2.05) is 15.9 Å². The monoisotopic (exact) mass is 590 g/mol. The van der Waals surface area contributed by atoms with Gasteiger partial charge in [0, 0.05) is 64.3 Å². The first-order valence-electron chi connectivity index (χ1n) is 14.3. The standard InChI is InChI=1S/C29H40ClFN6O2S/c1-3-4-5-6-7-12-27(38)37-18-17-36(20-22(37)2)26-19-25(30)32-29(33-26)40-21-28(39)35-15-13-34(14-16-35)24-11-9-8-10-23(24)31/h8-11,19,22H,3-7,12-18,20-21H2,1-2H3. The van der Waals surface area contributed by atoms with Gasteiger partial charge in [0.05, 0.1) is 11.4 Å². The van der Waals surface area contributed by atoms with Crippen LogP contribution < -0.4 is 9.80 Å². The normalized spacial score (nSPS) is 17.9. The van der Waals surface area contributed by atoms with Crippen LogP contribution in [0.5, 0.6) is 0 Å². The number of para-hydroxylation sites is 1. The van der Waals surface area contributed by atoms with Crippen molar-refractivity contribution in [2.45, 2.75) is 63.6 Å². The Labute approximate surface area is 246 Å². The first-order chi connectivity index (χ1) is 19.4. The topological polar surface area (TPSA) is 72.9 Å². The molecule has 1 aromatic heterocycles. The van der Waals surface area contributed by atoms with Gasteiger partial charge in [-0.3, -0.25) is 9.59 Å². The summed E-state index contributed by atoms with van der Waals surface area (Å²) in [6.07, 6.45) is 6.30. The fourth-order valence-corrected chi connectivity index (χ4v) is 6.28. The predicted molar refractivity (Wildman–Crippen MR) is 160 cm³/mol. The maximum atomic E-state index is 14.1. The number of amides is 2. The van der Waals surface area contributed by atoms with Gasteiger partial charge in [0.1, 0.15) is 16.8 Å². The molecule has 0 radical (unpaired) electrons. The van der Waals surface area contributed by atoms with Gasteiger partial charge in [0.2, 0.25) is 11.8 Å². The smallest absolute Gasteiger partial charge is 0.233 e. The van der Waals surface area contributed by atoms with Crippen molar-refractivity contribution in [2.75, 3.05) is 61.4 Å². The third-order valence-corrected chi connectivity index (χ3v) is 8.60. The van der Waals surface area contributed by atoms with Crippen molar-refractivity contribution in [3.05, 3.63) is 41.3 Å². The fraction of sp³-hybridized carbons (Fsp3) is 0.586. The largest absolute Gasteiger partial charge is 0.366 e. The van der Waals surface area contributed by atoms with E-state index >= 15 is 0 Å². The minimum Gasteiger partial charge on any atom is -0.366 e. The molecule has 1 aromatic carbocycles. The number of thioether (sulfide) groups is 1. The number of nitrogens with zero attached hydrogens (tertiary/aromatic N) is 6. The Morgan fingerprint density at radius 1 is 0.975 bits per heavy atom. The lowest BCUT2D eigenvalue weighted by atomic mass is 10.1. The maximum absolute atomic E-state index is 14.1. The molecule has 0 bridgehead atoms. The minimum atomic E-state index is -0.244. The fourth-order valence-electron chi connectivity index (χ4n) is 5.29. The number of aromatic nitrogens is 2. The van der Waals surface area contributed by atoms with Crippen LogP contribution in [0, 0.1) is 5.82 Å². The molecule has 0 aliphatic carbocycles. The molecule has 2 aliphatic heterocycles. The lowest BCUT2D eigenvalue weighted by Crippen LogP contribution is -2.54. The van der Waals surface area contributed by atoms with E-state index in [-0.39, 0.29) is 29.4 Å². The third-order valence-electron chi connectivity index (χ3n) is 7.58. The van der Waals surface area contributed by atoms with Crippen molar-refractivity contribution in [1.29, 1.82) is 0 Å². The van der Waals surface area contributed by atoms with E-state index in [2.05, 4.69) is 28.7 Å². The number of benzene rings is 1. The summed E-state index contributed by atoms with van der Waals surface area (Å²) in [6, 6.07) is 8.55. The maximum Gasteiger partial charge on any atom is 0.233 e. The predicted octanol–water partition coefficient (Wildman–Crippen LogP) is 5.11. The van der Waals surface area contributed by atoms with E-state index < -0.39 is 0 Å². The molecule has 2 aromatic rings. The van der Waals surface area contributed by atoms with Gasteiger partial charge in [-0.1, -0.05) is 68.1 Å². The number of carbonyl (C=O) groups excluding carboxylic acids is 2. The molecule has 11 heteroatoms. The lowest BCUT2D eigenvalue weighted by Gasteiger charge is -2.40. The summed E-state index contributed by atoms with van der Waals surface area (Å²) in [5.41, 5.74) is 0.575. The van der Waals surface area contributed by atoms with Gasteiger partial charge < -0.3 is 19.6 Å². The van der Waals surface area contributed by atoms with Gasteiger partial charge in [0.25, 0.3) is 0 Å². The molecule has 1 unspecified atom stereocenters. The van der Waals surface area contributed by atoms with Crippen LogP contribution in [0.1, 0.15) is 52.4 Å². The molecule has 0 saturated carbocycles. The zero-order valence-electron chi connectivity index (χ0n) is 23.5. The van der Waals surface area contributed by atoms with Crippen molar-refractivity contribution in [1.82, 2.24) is 19.8 Å². The Bertz CT molecular complexity index is 1150. The number of halogens is 2. The zero-order valence-corrected chi connectivity index (χ0v) is 25.1. The summed E-state index contributed by atoms with van der Waals surface area (Å²) >= 11 is 7.61. The van der Waals surface area contributed by atoms with Gasteiger partial charge in [-0.15, -0.1) is 0 Å². The first kappa shape index (κ1) is 30.4. The van der Waals surface area contributed by atoms with Crippen molar-refractivity contribution in [3.63, 3.8) is 0 Å². The van der Waals surface area contributed by atoms with Crippen LogP contribution in [0.15, 0.2) is 35.5 Å². The van der Waals surface area contributed by atoms with Gasteiger partial charge >= 0.3 is 0 Å². The molecular weight excluding hydrogens is 551 g/mol. The van der Waals surface area contributed by atoms with Crippen molar-refractivity contribution < 1.29 is 14.0 Å². The van der Waals surface area contributed by atoms with Crippen LogP contribution in [-0.2, 0) is 9.59 Å². The van der Waals surface area contributed by atoms with E-state index in [0.29, 0.717) is 74.0 Å². The first-order valence-corrected chi connectivity index (χ1v) is 15.7. The Morgan fingerprint density at radius 3 is 2.42 bits per heavy atom. The molecule has 8 nitrogen and oxygen atoms in total. The number of carbonyl (C=O) groups is 2. The molecule has 2 aliphatic rings. The second-order valence-electron chi connectivity index (χ2n) is 10.5. The Hall–Kier alpha value is -2.59. The molecule has 2 amide bonds. The number of unbranched alkanes of at least 4 members (excludes halogenated alkanes) is 4. The summed E-state index contributed by atoms with van der Waals surface area (Å²) < 4.78 is 14.1. The zero-order chi connectivity index (χ0) is 28.5. The SMILES string of the molecule is CCCCCCCC(=O)N1CCN(c2cc(Cl)nc(SCC(=O)N3CCN(c4ccccc4F)CC3)n2)CC1C. The molecule has 40 heavy (non-hydrogen) atoms. The second kappa shape index (κ2) is 14.9. The highest BCUT2D eigenvalue weighted by atomic mass is 35.5. The molecule has 0 spiro atoms. The quantitative estimate of drug-likeness (QED) is 0.156. The van der Waals surface area contributed by atoms with Crippen molar-refractivity contribution in [3.8, 4) is 0 Å². The highest BCUT2D eigenvalue weighted by Crippen LogP contribution is 2.25. The molecule has 218 valence electrons. The van der Waals surface area contributed by atoms with Crippen LogP contribution in [0.2, 0.25) is 5.15 Å². The van der Waals surface area contributed by atoms with Crippen LogP contribution in [-0.4, -0.2) is 89.2 Å². The summed E-state index contributed by atoms with van der Waals surface area (Å²) in [6.45, 7) is 8.50. The van der Waals surface area contributed by atoms with E-state index in [1.165, 1.54) is 37.1 Å². The summed E-state index contributed by atoms with van der Waals surface area (Å²) in [7, 11) is 0. The Kier molecular flexibility index (Phi) is 11.3. The highest BCUT2D eigenvalue weighted by Gasteiger charge is 2.28. The van der Waals surface area contributed by atoms with Crippen molar-refractivity contribution >= 4 is 46.7 Å². The molecular formula is C29H40ClFN6O2S. The number of hydrogen-bond donors (Lipinski definition) is 0. The van der Waals surface area contributed by atoms with Gasteiger partial charge in [-0.2, -0.15) is 0 Å². The highest BCUT2D eigenvalue weighted by molar-refractivity contribution is 7.99. The average molecular weight is 591 g/mol. The minimum absolute atomic E-state index is 0.00116. The summed E-state index contributed by atoms with van der Waals surface area (Å²) in [5, 5.41) is 0.788. The molecule has 3 heterocycles. The Balaban J connectivity index is 1.25. The third kappa shape index (κ3) is 8.22. The van der Waals surface area contributed by atoms with Crippen LogP contribution in [0.4, 0.5) is 15.9 Å². The molecule has 1 atom stereocenters. The second-order valence-corrected chi connectivity index (χ2v) is 11.8. The van der Waals surface area contributed by atoms with E-state index in [0.717, 1.165) is 12.8 Å². The number of hydrogen-bond acceptors (Lipinski definition) is 7. The van der Waals surface area contributed by atoms with Gasteiger partial charge in [-0.25, -0.2) is 14.4 Å². The lowest BCUT2D eigenvalue weighted by molar-refractivity contribution is -0.133. The van der Waals surface area contributed by atoms with Gasteiger partial charge in [0.15, 0.2) is 5.16 Å². The summed E-state index contributed by atoms with van der Waals surface area (Å²) in [5.74, 6) is 0.905. The van der Waals surface area contributed by atoms with Crippen LogP contribution in [0.25, 0.3) is 0 Å². The molecule has 4 rings (SSSR count).